The number of aliphatic hydroxyl groups excluding tert-OH is 5. The van der Waals surface area contributed by atoms with E-state index in [0.717, 1.165) is 38.5 Å². The molecule has 1 amide bonds. The third-order valence-corrected chi connectivity index (χ3v) is 12.2. The minimum absolute atomic E-state index is 0.0143. The number of aliphatic hydroxyl groups is 5. The molecule has 0 radical (unpaired) electrons. The van der Waals surface area contributed by atoms with Crippen LogP contribution in [0, 0.1) is 0 Å². The van der Waals surface area contributed by atoms with Crippen molar-refractivity contribution in [1.29, 1.82) is 0 Å². The summed E-state index contributed by atoms with van der Waals surface area (Å²) in [4.78, 5) is 13.1. The lowest BCUT2D eigenvalue weighted by atomic mass is 9.86. The maximum atomic E-state index is 13.1. The van der Waals surface area contributed by atoms with E-state index in [1.165, 1.54) is 161 Å². The first-order valence-corrected chi connectivity index (χ1v) is 24.6. The van der Waals surface area contributed by atoms with Gasteiger partial charge in [-0.25, -0.2) is 0 Å². The molecule has 8 N–H and O–H groups in total. The summed E-state index contributed by atoms with van der Waals surface area (Å²) in [5.41, 5.74) is 4.61. The van der Waals surface area contributed by atoms with Crippen molar-refractivity contribution in [1.82, 2.24) is 5.32 Å². The van der Waals surface area contributed by atoms with E-state index in [2.05, 4.69) is 31.3 Å². The molecule has 0 aromatic carbocycles. The number of carbonyl (C=O) groups excluding carboxylic acids is 1. The van der Waals surface area contributed by atoms with Crippen molar-refractivity contribution >= 4 is 5.91 Å². The van der Waals surface area contributed by atoms with Crippen LogP contribution < -0.4 is 11.1 Å². The average molecular weight is 823 g/mol. The van der Waals surface area contributed by atoms with Crippen LogP contribution in [-0.2, 0) is 9.53 Å². The van der Waals surface area contributed by atoms with Gasteiger partial charge >= 0.3 is 0 Å². The van der Waals surface area contributed by atoms with Crippen molar-refractivity contribution < 1.29 is 35.1 Å². The van der Waals surface area contributed by atoms with Crippen molar-refractivity contribution in [2.24, 2.45) is 5.73 Å². The summed E-state index contributed by atoms with van der Waals surface area (Å²) in [6, 6.07) is -0.680. The summed E-state index contributed by atoms with van der Waals surface area (Å²) >= 11 is 0. The van der Waals surface area contributed by atoms with E-state index in [-0.39, 0.29) is 18.7 Å². The summed E-state index contributed by atoms with van der Waals surface area (Å²) in [6.07, 6.45) is 40.9. The fraction of sp³-hybridized carbons (Fsp3) is 0.898. The minimum Gasteiger partial charge on any atom is -0.394 e. The summed E-state index contributed by atoms with van der Waals surface area (Å²) in [7, 11) is 0. The molecule has 342 valence electrons. The van der Waals surface area contributed by atoms with Gasteiger partial charge in [0.15, 0.2) is 0 Å². The van der Waals surface area contributed by atoms with Crippen LogP contribution in [0.25, 0.3) is 0 Å². The Morgan fingerprint density at radius 3 is 1.45 bits per heavy atom. The number of unbranched alkanes of at least 4 members (excludes halogenated alkanes) is 28. The van der Waals surface area contributed by atoms with Gasteiger partial charge in [-0.1, -0.05) is 192 Å². The Morgan fingerprint density at radius 2 is 1.02 bits per heavy atom. The van der Waals surface area contributed by atoms with Crippen molar-refractivity contribution in [3.05, 3.63) is 24.3 Å². The molecule has 7 atom stereocenters. The topological polar surface area (TPSA) is 166 Å². The number of hydrogen-bond acceptors (Lipinski definition) is 8. The van der Waals surface area contributed by atoms with Crippen molar-refractivity contribution in [3.63, 3.8) is 0 Å². The molecule has 1 saturated heterocycles. The first-order chi connectivity index (χ1) is 28.2. The molecule has 2 unspecified atom stereocenters. The lowest BCUT2D eigenvalue weighted by Gasteiger charge is -2.47. The number of hydrogen-bond donors (Lipinski definition) is 7. The predicted octanol–water partition coefficient (Wildman–Crippen LogP) is 10.4. The molecule has 1 fully saturated rings. The molecule has 1 aliphatic rings. The van der Waals surface area contributed by atoms with E-state index in [1.807, 2.05) is 6.08 Å². The average Bonchev–Trinajstić information content (AvgIpc) is 3.22. The van der Waals surface area contributed by atoms with E-state index in [0.29, 0.717) is 6.42 Å². The third-order valence-electron chi connectivity index (χ3n) is 12.2. The van der Waals surface area contributed by atoms with Gasteiger partial charge in [-0.3, -0.25) is 4.79 Å². The number of rotatable bonds is 40. The van der Waals surface area contributed by atoms with Gasteiger partial charge in [-0.15, -0.1) is 0 Å². The van der Waals surface area contributed by atoms with Crippen LogP contribution in [-0.4, -0.2) is 80.3 Å². The first kappa shape index (κ1) is 54.7. The fourth-order valence-electron chi connectivity index (χ4n) is 8.17. The smallest absolute Gasteiger partial charge is 0.220 e. The second-order valence-electron chi connectivity index (χ2n) is 17.6. The lowest BCUT2D eigenvalue weighted by Crippen LogP contribution is -2.69. The van der Waals surface area contributed by atoms with Gasteiger partial charge in [-0.05, 0) is 57.8 Å². The Morgan fingerprint density at radius 1 is 0.621 bits per heavy atom. The zero-order valence-corrected chi connectivity index (χ0v) is 37.7. The number of nitrogens with one attached hydrogen (secondary N) is 1. The molecule has 9 heteroatoms. The fourth-order valence-corrected chi connectivity index (χ4v) is 8.17. The SMILES string of the molecule is CCCCCCCC/C=C/CCCCCCCCCCCCCC(=O)NC(CC[C@@]1(N)O[C@@H](CO)[C@@H](O)[C@@H](O)[C@@H]1O)C(O)/C=C/CCCCCCCCCCCCC. The molecular formula is C49H94N2O7. The zero-order valence-electron chi connectivity index (χ0n) is 37.7. The van der Waals surface area contributed by atoms with Gasteiger partial charge < -0.3 is 41.3 Å². The van der Waals surface area contributed by atoms with Gasteiger partial charge in [0.25, 0.3) is 0 Å². The largest absolute Gasteiger partial charge is 0.394 e. The van der Waals surface area contributed by atoms with E-state index in [4.69, 9.17) is 10.5 Å². The Balaban J connectivity index is 2.35. The molecule has 0 spiro atoms. The van der Waals surface area contributed by atoms with Crippen LogP contribution in [0.5, 0.6) is 0 Å². The maximum Gasteiger partial charge on any atom is 0.220 e. The van der Waals surface area contributed by atoms with Gasteiger partial charge in [0.1, 0.15) is 30.1 Å². The Labute approximate surface area is 356 Å². The molecule has 58 heavy (non-hydrogen) atoms. The third kappa shape index (κ3) is 27.5. The summed E-state index contributed by atoms with van der Waals surface area (Å²) in [6.45, 7) is 3.94. The Kier molecular flexibility index (Phi) is 35.3. The standard InChI is InChI=1S/C49H94N2O7/c1-3-5-7-9-11-13-15-17-18-19-20-21-22-23-24-26-28-30-32-34-36-38-45(54)51-42(39-40-49(50)48(57)47(56)46(55)44(41-52)58-49)43(53)37-35-33-31-29-27-25-16-14-12-10-8-6-4-2/h17-18,35,37,42-44,46-48,52-53,55-57H,3-16,19-34,36,38-41,50H2,1-2H3,(H,51,54)/b18-17+,37-35+/t42?,43?,44-,46+,47+,48-,49+/m0/s1. The minimum atomic E-state index is -1.77. The van der Waals surface area contributed by atoms with Gasteiger partial charge in [0.05, 0.1) is 18.8 Å². The van der Waals surface area contributed by atoms with E-state index in [1.54, 1.807) is 6.08 Å². The molecule has 0 aromatic rings. The van der Waals surface area contributed by atoms with Crippen molar-refractivity contribution in [3.8, 4) is 0 Å². The first-order valence-electron chi connectivity index (χ1n) is 24.6. The molecule has 0 bridgehead atoms. The molecule has 9 nitrogen and oxygen atoms in total. The van der Waals surface area contributed by atoms with Crippen LogP contribution in [0.4, 0.5) is 0 Å². The van der Waals surface area contributed by atoms with Crippen LogP contribution in [0.3, 0.4) is 0 Å². The van der Waals surface area contributed by atoms with Gasteiger partial charge in [0.2, 0.25) is 5.91 Å². The molecular weight excluding hydrogens is 729 g/mol. The Hall–Kier alpha value is -1.33. The lowest BCUT2D eigenvalue weighted by molar-refractivity contribution is -0.275. The monoisotopic (exact) mass is 823 g/mol. The highest BCUT2D eigenvalue weighted by molar-refractivity contribution is 5.76. The molecule has 1 heterocycles. The van der Waals surface area contributed by atoms with Crippen LogP contribution in [0.2, 0.25) is 0 Å². The number of nitrogens with two attached hydrogens (primary N) is 1. The van der Waals surface area contributed by atoms with Crippen molar-refractivity contribution in [2.45, 2.75) is 274 Å². The zero-order chi connectivity index (χ0) is 42.5. The highest BCUT2D eigenvalue weighted by atomic mass is 16.6. The summed E-state index contributed by atoms with van der Waals surface area (Å²) in [5, 5.41) is 55.1. The molecule has 0 saturated carbocycles. The van der Waals surface area contributed by atoms with Crippen LogP contribution in [0.15, 0.2) is 24.3 Å². The van der Waals surface area contributed by atoms with Crippen LogP contribution >= 0.6 is 0 Å². The molecule has 1 aliphatic heterocycles. The molecule has 1 rings (SSSR count). The van der Waals surface area contributed by atoms with Gasteiger partial charge in [0, 0.05) is 6.42 Å². The number of ether oxygens (including phenoxy) is 1. The number of amides is 1. The van der Waals surface area contributed by atoms with Crippen LogP contribution in [0.1, 0.15) is 232 Å². The van der Waals surface area contributed by atoms with E-state index < -0.39 is 48.9 Å². The molecule has 0 aromatic heterocycles. The Bertz CT molecular complexity index is 994. The maximum absolute atomic E-state index is 13.1. The van der Waals surface area contributed by atoms with E-state index >= 15 is 0 Å². The second kappa shape index (κ2) is 37.4. The highest BCUT2D eigenvalue weighted by Gasteiger charge is 2.51. The van der Waals surface area contributed by atoms with Gasteiger partial charge in [-0.2, -0.15) is 0 Å². The second-order valence-corrected chi connectivity index (χ2v) is 17.6. The quantitative estimate of drug-likeness (QED) is 0.0237. The number of allylic oxidation sites excluding steroid dienone is 3. The summed E-state index contributed by atoms with van der Waals surface area (Å²) < 4.78 is 5.67. The predicted molar refractivity (Wildman–Crippen MR) is 241 cm³/mol. The van der Waals surface area contributed by atoms with E-state index in [9.17, 15) is 30.3 Å². The van der Waals surface area contributed by atoms with Crippen molar-refractivity contribution in [2.75, 3.05) is 6.61 Å². The normalized spacial score (nSPS) is 22.3. The highest BCUT2D eigenvalue weighted by Crippen LogP contribution is 2.31. The summed E-state index contributed by atoms with van der Waals surface area (Å²) in [5.74, 6) is -0.143. The number of carbonyl (C=O) groups is 1. The molecule has 0 aliphatic carbocycles.